The fourth-order valence-electron chi connectivity index (χ4n) is 2.90. The molecule has 0 saturated carbocycles. The summed E-state index contributed by atoms with van der Waals surface area (Å²) in [4.78, 5) is 35.6. The second-order valence-electron chi connectivity index (χ2n) is 6.55. The van der Waals surface area contributed by atoms with Gasteiger partial charge in [-0.3, -0.25) is 24.6 Å². The lowest BCUT2D eigenvalue weighted by molar-refractivity contribution is -0.384. The zero-order valence-electron chi connectivity index (χ0n) is 15.8. The van der Waals surface area contributed by atoms with Crippen molar-refractivity contribution in [2.75, 3.05) is 6.54 Å². The van der Waals surface area contributed by atoms with E-state index in [1.165, 1.54) is 28.8 Å². The monoisotopic (exact) mass is 446 g/mol. The number of furan rings is 1. The van der Waals surface area contributed by atoms with Crippen molar-refractivity contribution in [3.8, 4) is 11.3 Å². The maximum atomic E-state index is 12.6. The Kier molecular flexibility index (Phi) is 7.01. The Morgan fingerprint density at radius 3 is 2.80 bits per heavy atom. The van der Waals surface area contributed by atoms with E-state index >= 15 is 0 Å². The fourth-order valence-corrected chi connectivity index (χ4v) is 4.19. The zero-order valence-corrected chi connectivity index (χ0v) is 17.4. The quantitative estimate of drug-likeness (QED) is 0.194. The normalized spacial score (nSPS) is 15.2. The van der Waals surface area contributed by atoms with Gasteiger partial charge < -0.3 is 9.52 Å². The standard InChI is InChI=1S/C20H18N2O6S2/c23-18(24)7-2-1-3-10-21-19(25)17(30-20(21)29)12-15-8-9-16(28-15)13-5-4-6-14(11-13)22(26)27/h4-6,8-9,11-12H,1-3,7,10H2,(H,23,24)/b17-12-. The van der Waals surface area contributed by atoms with Gasteiger partial charge in [0.25, 0.3) is 11.6 Å². The number of carboxylic acids is 1. The first kappa shape index (κ1) is 21.7. The van der Waals surface area contributed by atoms with Crippen LogP contribution in [0.3, 0.4) is 0 Å². The van der Waals surface area contributed by atoms with Crippen molar-refractivity contribution in [1.82, 2.24) is 4.90 Å². The highest BCUT2D eigenvalue weighted by Gasteiger charge is 2.31. The molecule has 0 atom stereocenters. The number of nitro benzene ring substituents is 1. The number of amides is 1. The number of non-ortho nitro benzene ring substituents is 1. The largest absolute Gasteiger partial charge is 0.481 e. The number of carbonyl (C=O) groups is 2. The third kappa shape index (κ3) is 5.33. The number of unbranched alkanes of at least 4 members (excludes halogenated alkanes) is 2. The molecule has 30 heavy (non-hydrogen) atoms. The summed E-state index contributed by atoms with van der Waals surface area (Å²) in [5.74, 6) is -0.139. The number of thioether (sulfide) groups is 1. The summed E-state index contributed by atoms with van der Waals surface area (Å²) in [5.41, 5.74) is 0.535. The molecule has 1 aromatic carbocycles. The van der Waals surface area contributed by atoms with E-state index in [1.807, 2.05) is 0 Å². The van der Waals surface area contributed by atoms with Crippen LogP contribution in [-0.4, -0.2) is 37.7 Å². The summed E-state index contributed by atoms with van der Waals surface area (Å²) in [5, 5.41) is 19.6. The number of carboxylic acid groups (broad SMARTS) is 1. The highest BCUT2D eigenvalue weighted by Crippen LogP contribution is 2.34. The Hall–Kier alpha value is -2.98. The Morgan fingerprint density at radius 1 is 1.27 bits per heavy atom. The molecule has 1 saturated heterocycles. The number of rotatable bonds is 9. The van der Waals surface area contributed by atoms with E-state index in [1.54, 1.807) is 30.3 Å². The van der Waals surface area contributed by atoms with Crippen LogP contribution >= 0.6 is 24.0 Å². The highest BCUT2D eigenvalue weighted by atomic mass is 32.2. The molecule has 1 aliphatic rings. The summed E-state index contributed by atoms with van der Waals surface area (Å²) in [6.45, 7) is 0.443. The SMILES string of the molecule is O=C(O)CCCCCN1C(=O)/C(=C/c2ccc(-c3cccc([N+](=O)[O-])c3)o2)SC1=S. The van der Waals surface area contributed by atoms with Gasteiger partial charge in [-0.2, -0.15) is 0 Å². The van der Waals surface area contributed by atoms with Gasteiger partial charge >= 0.3 is 5.97 Å². The average molecular weight is 447 g/mol. The molecule has 1 fully saturated rings. The van der Waals surface area contributed by atoms with E-state index in [0.717, 1.165) is 0 Å². The lowest BCUT2D eigenvalue weighted by Gasteiger charge is -2.13. The topological polar surface area (TPSA) is 114 Å². The van der Waals surface area contributed by atoms with E-state index < -0.39 is 10.9 Å². The first-order valence-electron chi connectivity index (χ1n) is 9.17. The number of nitrogens with zero attached hydrogens (tertiary/aromatic N) is 2. The maximum Gasteiger partial charge on any atom is 0.303 e. The van der Waals surface area contributed by atoms with Gasteiger partial charge in [0.05, 0.1) is 9.83 Å². The molecule has 8 nitrogen and oxygen atoms in total. The number of benzene rings is 1. The van der Waals surface area contributed by atoms with E-state index in [0.29, 0.717) is 52.1 Å². The lowest BCUT2D eigenvalue weighted by atomic mass is 10.1. The van der Waals surface area contributed by atoms with Crippen LogP contribution < -0.4 is 0 Å². The molecule has 1 aliphatic heterocycles. The summed E-state index contributed by atoms with van der Waals surface area (Å²) in [7, 11) is 0. The molecule has 0 unspecified atom stereocenters. The molecule has 3 rings (SSSR count). The molecule has 1 N–H and O–H groups in total. The Bertz CT molecular complexity index is 1030. The molecule has 2 aromatic rings. The fraction of sp³-hybridized carbons (Fsp3) is 0.250. The molecule has 0 bridgehead atoms. The van der Waals surface area contributed by atoms with Crippen LogP contribution in [-0.2, 0) is 9.59 Å². The molecule has 0 aliphatic carbocycles. The van der Waals surface area contributed by atoms with Gasteiger partial charge in [0.1, 0.15) is 15.8 Å². The van der Waals surface area contributed by atoms with Gasteiger partial charge in [-0.1, -0.05) is 42.5 Å². The molecule has 1 aromatic heterocycles. The summed E-state index contributed by atoms with van der Waals surface area (Å²) in [6, 6.07) is 9.49. The van der Waals surface area contributed by atoms with Crippen molar-refractivity contribution in [3.05, 3.63) is 57.2 Å². The minimum Gasteiger partial charge on any atom is -0.481 e. The molecular weight excluding hydrogens is 428 g/mol. The number of carbonyl (C=O) groups excluding carboxylic acids is 1. The van der Waals surface area contributed by atoms with Crippen LogP contribution in [0.15, 0.2) is 45.7 Å². The minimum absolute atomic E-state index is 0.0327. The predicted molar refractivity (Wildman–Crippen MR) is 117 cm³/mol. The van der Waals surface area contributed by atoms with Crippen molar-refractivity contribution in [1.29, 1.82) is 0 Å². The van der Waals surface area contributed by atoms with E-state index in [4.69, 9.17) is 21.7 Å². The third-order valence-corrected chi connectivity index (χ3v) is 5.77. The molecular formula is C20H18N2O6S2. The summed E-state index contributed by atoms with van der Waals surface area (Å²) >= 11 is 6.47. The summed E-state index contributed by atoms with van der Waals surface area (Å²) in [6.07, 6.45) is 3.65. The van der Waals surface area contributed by atoms with Crippen molar-refractivity contribution in [3.63, 3.8) is 0 Å². The van der Waals surface area contributed by atoms with Gasteiger partial charge in [-0.05, 0) is 25.0 Å². The van der Waals surface area contributed by atoms with Gasteiger partial charge in [0.2, 0.25) is 0 Å². The molecule has 0 spiro atoms. The number of thiocarbonyl (C=S) groups is 1. The molecule has 10 heteroatoms. The highest BCUT2D eigenvalue weighted by molar-refractivity contribution is 8.26. The Balaban J connectivity index is 1.65. The van der Waals surface area contributed by atoms with Crippen LogP contribution in [0, 0.1) is 10.1 Å². The second kappa shape index (κ2) is 9.68. The van der Waals surface area contributed by atoms with E-state index in [2.05, 4.69) is 0 Å². The Morgan fingerprint density at radius 2 is 2.07 bits per heavy atom. The van der Waals surface area contributed by atoms with Gasteiger partial charge in [0, 0.05) is 36.7 Å². The van der Waals surface area contributed by atoms with E-state index in [9.17, 15) is 19.7 Å². The maximum absolute atomic E-state index is 12.6. The predicted octanol–water partition coefficient (Wildman–Crippen LogP) is 4.70. The van der Waals surface area contributed by atoms with Crippen molar-refractivity contribution >= 4 is 51.9 Å². The first-order chi connectivity index (χ1) is 14.3. The van der Waals surface area contributed by atoms with Crippen LogP contribution in [0.2, 0.25) is 0 Å². The third-order valence-electron chi connectivity index (χ3n) is 4.39. The number of hydrogen-bond acceptors (Lipinski definition) is 7. The lowest BCUT2D eigenvalue weighted by Crippen LogP contribution is -2.29. The van der Waals surface area contributed by atoms with Crippen molar-refractivity contribution < 1.29 is 24.0 Å². The number of hydrogen-bond donors (Lipinski definition) is 1. The second-order valence-corrected chi connectivity index (χ2v) is 8.22. The van der Waals surface area contributed by atoms with Crippen molar-refractivity contribution in [2.45, 2.75) is 25.7 Å². The average Bonchev–Trinajstić information content (AvgIpc) is 3.27. The summed E-state index contributed by atoms with van der Waals surface area (Å²) < 4.78 is 6.19. The molecule has 156 valence electrons. The van der Waals surface area contributed by atoms with Gasteiger partial charge in [-0.15, -0.1) is 0 Å². The van der Waals surface area contributed by atoms with Crippen LogP contribution in [0.25, 0.3) is 17.4 Å². The zero-order chi connectivity index (χ0) is 21.7. The van der Waals surface area contributed by atoms with Crippen LogP contribution in [0.4, 0.5) is 5.69 Å². The first-order valence-corrected chi connectivity index (χ1v) is 10.4. The molecule has 0 radical (unpaired) electrons. The van der Waals surface area contributed by atoms with Crippen molar-refractivity contribution in [2.24, 2.45) is 0 Å². The van der Waals surface area contributed by atoms with Crippen LogP contribution in [0.1, 0.15) is 31.4 Å². The number of aliphatic carboxylic acids is 1. The van der Waals surface area contributed by atoms with E-state index in [-0.39, 0.29) is 18.0 Å². The number of nitro groups is 1. The molecule has 2 heterocycles. The molecule has 1 amide bonds. The minimum atomic E-state index is -0.827. The van der Waals surface area contributed by atoms with Gasteiger partial charge in [0.15, 0.2) is 0 Å². The smallest absolute Gasteiger partial charge is 0.303 e. The van der Waals surface area contributed by atoms with Crippen LogP contribution in [0.5, 0.6) is 0 Å². The Labute approximate surface area is 181 Å². The van der Waals surface area contributed by atoms with Gasteiger partial charge in [-0.25, -0.2) is 0 Å².